The number of nitrogens with zero attached hydrogens (tertiary/aromatic N) is 1. The smallest absolute Gasteiger partial charge is 0.128 e. The first kappa shape index (κ1) is 15.2. The number of hydrazine groups is 1. The van der Waals surface area contributed by atoms with Crippen molar-refractivity contribution in [3.8, 4) is 5.75 Å². The van der Waals surface area contributed by atoms with Gasteiger partial charge in [-0.15, -0.1) is 0 Å². The van der Waals surface area contributed by atoms with Crippen molar-refractivity contribution in [2.45, 2.75) is 45.3 Å². The first-order valence-electron chi connectivity index (χ1n) is 7.10. The Morgan fingerprint density at radius 1 is 1.40 bits per heavy atom. The van der Waals surface area contributed by atoms with E-state index in [1.54, 1.807) is 14.2 Å². The summed E-state index contributed by atoms with van der Waals surface area (Å²) in [6.45, 7) is 4.05. The molecule has 1 fully saturated rings. The van der Waals surface area contributed by atoms with Crippen LogP contribution in [0, 0.1) is 19.8 Å². The Hall–Kier alpha value is -1.17. The molecule has 1 aliphatic rings. The van der Waals surface area contributed by atoms with E-state index in [0.717, 1.165) is 29.0 Å². The molecular formula is C15H25N3O2. The Bertz CT molecular complexity index is 461. The van der Waals surface area contributed by atoms with Crippen molar-refractivity contribution in [2.24, 2.45) is 11.8 Å². The van der Waals surface area contributed by atoms with Gasteiger partial charge >= 0.3 is 0 Å². The molecule has 5 heteroatoms. The van der Waals surface area contributed by atoms with Gasteiger partial charge in [0.2, 0.25) is 0 Å². The maximum absolute atomic E-state index is 5.72. The number of methoxy groups -OCH3 is 2. The Morgan fingerprint density at radius 2 is 2.10 bits per heavy atom. The minimum atomic E-state index is 0.0751. The normalized spacial score (nSPS) is 17.9. The third-order valence-corrected chi connectivity index (χ3v) is 4.13. The van der Waals surface area contributed by atoms with Gasteiger partial charge in [-0.25, -0.2) is 0 Å². The molecule has 1 heterocycles. The third kappa shape index (κ3) is 3.11. The standard InChI is InChI=1S/C15H25N3O2/c1-9-8-17-12(10(2)14(9)19-3)7-13(18-16)15(20-4)11-5-6-11/h8,11,13,15,18H,5-7,16H2,1-4H3. The summed E-state index contributed by atoms with van der Waals surface area (Å²) in [6.07, 6.45) is 5.19. The summed E-state index contributed by atoms with van der Waals surface area (Å²) in [5, 5.41) is 0. The number of hydrogen-bond donors (Lipinski definition) is 2. The molecule has 2 atom stereocenters. The van der Waals surface area contributed by atoms with Crippen LogP contribution in [0.1, 0.15) is 29.7 Å². The predicted molar refractivity (Wildman–Crippen MR) is 78.6 cm³/mol. The van der Waals surface area contributed by atoms with Gasteiger partial charge in [-0.1, -0.05) is 0 Å². The number of rotatable bonds is 7. The average Bonchev–Trinajstić information content (AvgIpc) is 3.26. The van der Waals surface area contributed by atoms with Gasteiger partial charge < -0.3 is 9.47 Å². The summed E-state index contributed by atoms with van der Waals surface area (Å²) in [7, 11) is 3.45. The van der Waals surface area contributed by atoms with Crippen LogP contribution in [0.2, 0.25) is 0 Å². The van der Waals surface area contributed by atoms with Crippen molar-refractivity contribution in [1.29, 1.82) is 0 Å². The molecule has 1 saturated carbocycles. The molecule has 0 aromatic carbocycles. The van der Waals surface area contributed by atoms with Gasteiger partial charge in [-0.3, -0.25) is 16.3 Å². The summed E-state index contributed by atoms with van der Waals surface area (Å²) in [5.74, 6) is 7.25. The van der Waals surface area contributed by atoms with E-state index < -0.39 is 0 Å². The van der Waals surface area contributed by atoms with Crippen LogP contribution in [0.25, 0.3) is 0 Å². The zero-order valence-electron chi connectivity index (χ0n) is 12.8. The summed E-state index contributed by atoms with van der Waals surface area (Å²) in [6, 6.07) is 0.0751. The SMILES string of the molecule is COc1c(C)cnc(CC(NN)C(OC)C2CC2)c1C. The van der Waals surface area contributed by atoms with E-state index in [2.05, 4.69) is 10.4 Å². The fraction of sp³-hybridized carbons (Fsp3) is 0.667. The Kier molecular flexibility index (Phi) is 4.96. The highest BCUT2D eigenvalue weighted by atomic mass is 16.5. The average molecular weight is 279 g/mol. The van der Waals surface area contributed by atoms with Crippen molar-refractivity contribution in [3.63, 3.8) is 0 Å². The third-order valence-electron chi connectivity index (χ3n) is 4.13. The van der Waals surface area contributed by atoms with Crippen LogP contribution in [0.5, 0.6) is 5.75 Å². The van der Waals surface area contributed by atoms with Crippen molar-refractivity contribution in [2.75, 3.05) is 14.2 Å². The highest BCUT2D eigenvalue weighted by Gasteiger charge is 2.36. The summed E-state index contributed by atoms with van der Waals surface area (Å²) >= 11 is 0. The van der Waals surface area contributed by atoms with Crippen LogP contribution in [-0.4, -0.2) is 31.3 Å². The highest BCUT2D eigenvalue weighted by molar-refractivity contribution is 5.41. The number of nitrogens with two attached hydrogens (primary N) is 1. The fourth-order valence-electron chi connectivity index (χ4n) is 2.87. The Morgan fingerprint density at radius 3 is 2.60 bits per heavy atom. The molecule has 2 unspecified atom stereocenters. The number of nitrogens with one attached hydrogen (secondary N) is 1. The quantitative estimate of drug-likeness (QED) is 0.585. The molecule has 0 amide bonds. The summed E-state index contributed by atoms with van der Waals surface area (Å²) in [5.41, 5.74) is 6.04. The van der Waals surface area contributed by atoms with Crippen molar-refractivity contribution >= 4 is 0 Å². The molecule has 0 aliphatic heterocycles. The van der Waals surface area contributed by atoms with E-state index in [-0.39, 0.29) is 12.1 Å². The zero-order valence-corrected chi connectivity index (χ0v) is 12.8. The molecule has 1 aromatic heterocycles. The molecule has 1 aromatic rings. The van der Waals surface area contributed by atoms with E-state index in [9.17, 15) is 0 Å². The maximum atomic E-state index is 5.72. The first-order chi connectivity index (χ1) is 9.62. The second-order valence-electron chi connectivity index (χ2n) is 5.56. The number of aryl methyl sites for hydroxylation is 1. The fourth-order valence-corrected chi connectivity index (χ4v) is 2.87. The molecule has 2 rings (SSSR count). The lowest BCUT2D eigenvalue weighted by molar-refractivity contribution is 0.0507. The van der Waals surface area contributed by atoms with Gasteiger partial charge in [0.05, 0.1) is 19.3 Å². The molecule has 5 nitrogen and oxygen atoms in total. The van der Waals surface area contributed by atoms with Crippen molar-refractivity contribution in [3.05, 3.63) is 23.0 Å². The van der Waals surface area contributed by atoms with Gasteiger partial charge in [-0.2, -0.15) is 0 Å². The lowest BCUT2D eigenvalue weighted by Crippen LogP contribution is -2.47. The second-order valence-corrected chi connectivity index (χ2v) is 5.56. The van der Waals surface area contributed by atoms with Gasteiger partial charge in [0.1, 0.15) is 5.75 Å². The molecule has 3 N–H and O–H groups in total. The molecule has 0 spiro atoms. The minimum Gasteiger partial charge on any atom is -0.496 e. The number of hydrogen-bond acceptors (Lipinski definition) is 5. The van der Waals surface area contributed by atoms with Crippen LogP contribution >= 0.6 is 0 Å². The second kappa shape index (κ2) is 6.52. The predicted octanol–water partition coefficient (Wildman–Crippen LogP) is 1.51. The van der Waals surface area contributed by atoms with E-state index >= 15 is 0 Å². The van der Waals surface area contributed by atoms with Gasteiger partial charge in [-0.05, 0) is 32.6 Å². The minimum absolute atomic E-state index is 0.0751. The maximum Gasteiger partial charge on any atom is 0.128 e. The van der Waals surface area contributed by atoms with E-state index in [0.29, 0.717) is 5.92 Å². The van der Waals surface area contributed by atoms with Gasteiger partial charge in [0, 0.05) is 36.5 Å². The zero-order chi connectivity index (χ0) is 14.7. The van der Waals surface area contributed by atoms with Crippen LogP contribution in [-0.2, 0) is 11.2 Å². The van der Waals surface area contributed by atoms with Crippen LogP contribution in [0.15, 0.2) is 6.20 Å². The van der Waals surface area contributed by atoms with Crippen LogP contribution in [0.3, 0.4) is 0 Å². The van der Waals surface area contributed by atoms with E-state index in [4.69, 9.17) is 15.3 Å². The molecule has 0 radical (unpaired) electrons. The van der Waals surface area contributed by atoms with Crippen LogP contribution in [0.4, 0.5) is 0 Å². The molecule has 0 bridgehead atoms. The molecule has 0 saturated heterocycles. The number of pyridine rings is 1. The molecule has 112 valence electrons. The first-order valence-corrected chi connectivity index (χ1v) is 7.10. The summed E-state index contributed by atoms with van der Waals surface area (Å²) in [4.78, 5) is 4.54. The van der Waals surface area contributed by atoms with Crippen molar-refractivity contribution < 1.29 is 9.47 Å². The lowest BCUT2D eigenvalue weighted by atomic mass is 9.98. The number of aromatic nitrogens is 1. The number of ether oxygens (including phenoxy) is 2. The highest BCUT2D eigenvalue weighted by Crippen LogP contribution is 2.36. The van der Waals surface area contributed by atoms with Crippen LogP contribution < -0.4 is 16.0 Å². The van der Waals surface area contributed by atoms with E-state index in [1.807, 2.05) is 20.0 Å². The molecule has 1 aliphatic carbocycles. The van der Waals surface area contributed by atoms with Crippen molar-refractivity contribution in [1.82, 2.24) is 10.4 Å². The monoisotopic (exact) mass is 279 g/mol. The lowest BCUT2D eigenvalue weighted by Gasteiger charge is -2.26. The van der Waals surface area contributed by atoms with E-state index in [1.165, 1.54) is 12.8 Å². The largest absolute Gasteiger partial charge is 0.496 e. The molecular weight excluding hydrogens is 254 g/mol. The van der Waals surface area contributed by atoms with Gasteiger partial charge in [0.25, 0.3) is 0 Å². The Labute approximate surface area is 120 Å². The topological polar surface area (TPSA) is 69.4 Å². The Balaban J connectivity index is 2.18. The molecule has 20 heavy (non-hydrogen) atoms. The summed E-state index contributed by atoms with van der Waals surface area (Å²) < 4.78 is 11.1. The van der Waals surface area contributed by atoms with Gasteiger partial charge in [0.15, 0.2) is 0 Å².